The Morgan fingerprint density at radius 3 is 2.72 bits per heavy atom. The molecule has 4 fully saturated rings. The van der Waals surface area contributed by atoms with Crippen LogP contribution in [0.15, 0.2) is 30.7 Å². The summed E-state index contributed by atoms with van der Waals surface area (Å²) in [4.78, 5) is 30.7. The fourth-order valence-corrected chi connectivity index (χ4v) is 9.06. The standard InChI is InChI=1S/C35H37F4N5O2/c1-19(36)32(45)24-8-4-9-28-26(24)17-44(28)33-25-15-40-30(23-10-11-27(38)22-7-3-2-6-21(22)23)29(39)31(25)41-34(42-33)46-18-35-12-5-13-43(35)16-20(37)14-35/h10-11,15,20,24,26,28H,1-9,12-14,16-18H2/t20-,24?,26+,28-,35+/m1/s1. The molecule has 8 rings (SSSR count). The van der Waals surface area contributed by atoms with Crippen LogP contribution in [0.1, 0.15) is 62.5 Å². The summed E-state index contributed by atoms with van der Waals surface area (Å²) in [6.45, 7) is 5.04. The van der Waals surface area contributed by atoms with Crippen LogP contribution in [0.3, 0.4) is 0 Å². The Balaban J connectivity index is 1.20. The molecule has 5 heterocycles. The lowest BCUT2D eigenvalue weighted by atomic mass is 9.68. The van der Waals surface area contributed by atoms with Crippen molar-refractivity contribution >= 4 is 22.5 Å². The third-order valence-electron chi connectivity index (χ3n) is 11.3. The van der Waals surface area contributed by atoms with E-state index in [1.807, 2.05) is 4.90 Å². The van der Waals surface area contributed by atoms with Crippen LogP contribution in [0.4, 0.5) is 23.4 Å². The average Bonchev–Trinajstić information content (AvgIpc) is 3.57. The second-order valence-corrected chi connectivity index (χ2v) is 13.8. The number of nitrogens with zero attached hydrogens (tertiary/aromatic N) is 5. The molecule has 1 aromatic carbocycles. The van der Waals surface area contributed by atoms with Crippen LogP contribution in [0, 0.1) is 23.5 Å². The predicted molar refractivity (Wildman–Crippen MR) is 165 cm³/mol. The number of fused-ring (bicyclic) bond motifs is 4. The lowest BCUT2D eigenvalue weighted by Crippen LogP contribution is -2.62. The highest BCUT2D eigenvalue weighted by atomic mass is 19.1. The van der Waals surface area contributed by atoms with Gasteiger partial charge < -0.3 is 9.64 Å². The van der Waals surface area contributed by atoms with Crippen molar-refractivity contribution in [3.63, 3.8) is 0 Å². The van der Waals surface area contributed by atoms with E-state index >= 15 is 4.39 Å². The van der Waals surface area contributed by atoms with Crippen LogP contribution in [0.2, 0.25) is 0 Å². The molecular formula is C35H37F4N5O2. The van der Waals surface area contributed by atoms with Crippen molar-refractivity contribution in [2.75, 3.05) is 31.1 Å². The molecule has 0 radical (unpaired) electrons. The first-order valence-corrected chi connectivity index (χ1v) is 16.6. The normalized spacial score (nSPS) is 28.8. The molecule has 2 aliphatic carbocycles. The first-order chi connectivity index (χ1) is 22.2. The van der Waals surface area contributed by atoms with Gasteiger partial charge in [0.2, 0.25) is 0 Å². The second-order valence-electron chi connectivity index (χ2n) is 13.8. The number of hydrogen-bond acceptors (Lipinski definition) is 7. The van der Waals surface area contributed by atoms with E-state index in [0.717, 1.165) is 50.6 Å². The summed E-state index contributed by atoms with van der Waals surface area (Å²) in [5, 5.41) is 0.400. The number of allylic oxidation sites excluding steroid dienone is 1. The fraction of sp³-hybridized carbons (Fsp3) is 0.543. The van der Waals surface area contributed by atoms with Crippen molar-refractivity contribution in [2.45, 2.75) is 82.0 Å². The van der Waals surface area contributed by atoms with Gasteiger partial charge in [-0.15, -0.1) is 0 Å². The van der Waals surface area contributed by atoms with Crippen molar-refractivity contribution in [1.82, 2.24) is 19.9 Å². The van der Waals surface area contributed by atoms with E-state index in [1.165, 1.54) is 6.07 Å². The molecule has 3 saturated heterocycles. The number of pyridine rings is 1. The van der Waals surface area contributed by atoms with E-state index in [2.05, 4.69) is 21.4 Å². The highest BCUT2D eigenvalue weighted by Gasteiger charge is 2.51. The fourth-order valence-electron chi connectivity index (χ4n) is 9.06. The maximum atomic E-state index is 16.7. The Bertz CT molecular complexity index is 1750. The molecule has 242 valence electrons. The van der Waals surface area contributed by atoms with E-state index in [0.29, 0.717) is 61.1 Å². The maximum absolute atomic E-state index is 16.7. The SMILES string of the molecule is C=C(F)C(=O)C1CCC[C@@H]2[C@H]1CN2c1nc(OC[C@@]23CCCN2C[C@H](F)C3)nc2c(F)c(-c3ccc(F)c4c3CCCC4)ncc12. The van der Waals surface area contributed by atoms with Gasteiger partial charge in [0.25, 0.3) is 0 Å². The molecule has 1 unspecified atom stereocenters. The highest BCUT2D eigenvalue weighted by Crippen LogP contribution is 2.47. The smallest absolute Gasteiger partial charge is 0.319 e. The summed E-state index contributed by atoms with van der Waals surface area (Å²) in [5.74, 6) is -2.47. The van der Waals surface area contributed by atoms with Crippen molar-refractivity contribution in [3.8, 4) is 17.3 Å². The number of hydrogen-bond donors (Lipinski definition) is 0. The Morgan fingerprint density at radius 2 is 1.89 bits per heavy atom. The molecule has 3 aliphatic heterocycles. The number of ether oxygens (including phenoxy) is 1. The molecule has 0 amide bonds. The molecule has 5 atom stereocenters. The lowest BCUT2D eigenvalue weighted by molar-refractivity contribution is -0.124. The Morgan fingerprint density at radius 1 is 1.07 bits per heavy atom. The summed E-state index contributed by atoms with van der Waals surface area (Å²) in [6.07, 6.45) is 7.89. The van der Waals surface area contributed by atoms with E-state index in [9.17, 15) is 18.0 Å². The summed E-state index contributed by atoms with van der Waals surface area (Å²) >= 11 is 0. The molecule has 11 heteroatoms. The molecule has 7 nitrogen and oxygen atoms in total. The summed E-state index contributed by atoms with van der Waals surface area (Å²) in [6, 6.07) is 2.87. The van der Waals surface area contributed by atoms with Crippen molar-refractivity contribution in [3.05, 3.63) is 53.5 Å². The van der Waals surface area contributed by atoms with E-state index in [-0.39, 0.29) is 41.6 Å². The van der Waals surface area contributed by atoms with Gasteiger partial charge in [-0.3, -0.25) is 14.7 Å². The number of ketones is 1. The van der Waals surface area contributed by atoms with Gasteiger partial charge in [0.15, 0.2) is 17.4 Å². The van der Waals surface area contributed by atoms with Crippen LogP contribution in [-0.2, 0) is 17.6 Å². The summed E-state index contributed by atoms with van der Waals surface area (Å²) < 4.78 is 66.0. The molecule has 0 N–H and O–H groups in total. The molecule has 46 heavy (non-hydrogen) atoms. The number of anilines is 1. The van der Waals surface area contributed by atoms with Gasteiger partial charge in [0.05, 0.1) is 10.9 Å². The quantitative estimate of drug-likeness (QED) is 0.218. The van der Waals surface area contributed by atoms with E-state index < -0.39 is 35.1 Å². The number of Topliss-reactive ketones (excluding diaryl/α,β-unsaturated/α-hetero) is 1. The molecule has 5 aliphatic rings. The van der Waals surface area contributed by atoms with Crippen LogP contribution in [0.25, 0.3) is 22.2 Å². The number of carbonyl (C=O) groups excluding carboxylic acids is 1. The largest absolute Gasteiger partial charge is 0.461 e. The monoisotopic (exact) mass is 635 g/mol. The first kappa shape index (κ1) is 29.8. The third-order valence-corrected chi connectivity index (χ3v) is 11.3. The number of rotatable bonds is 7. The topological polar surface area (TPSA) is 71.5 Å². The molecular weight excluding hydrogens is 598 g/mol. The van der Waals surface area contributed by atoms with Gasteiger partial charge in [-0.05, 0) is 81.2 Å². The molecule has 3 aromatic rings. The second kappa shape index (κ2) is 11.3. The van der Waals surface area contributed by atoms with Gasteiger partial charge in [-0.25, -0.2) is 17.6 Å². The van der Waals surface area contributed by atoms with Crippen LogP contribution in [-0.4, -0.2) is 69.6 Å². The van der Waals surface area contributed by atoms with Crippen LogP contribution in [0.5, 0.6) is 6.01 Å². The van der Waals surface area contributed by atoms with Crippen molar-refractivity contribution in [1.29, 1.82) is 0 Å². The van der Waals surface area contributed by atoms with Crippen LogP contribution >= 0.6 is 0 Å². The predicted octanol–water partition coefficient (Wildman–Crippen LogP) is 6.46. The van der Waals surface area contributed by atoms with Gasteiger partial charge in [0, 0.05) is 49.1 Å². The number of halogens is 4. The Hall–Kier alpha value is -3.60. The lowest BCUT2D eigenvalue weighted by Gasteiger charge is -2.54. The molecule has 2 aromatic heterocycles. The highest BCUT2D eigenvalue weighted by molar-refractivity contribution is 5.96. The average molecular weight is 636 g/mol. The zero-order chi connectivity index (χ0) is 31.7. The van der Waals surface area contributed by atoms with E-state index in [1.54, 1.807) is 12.3 Å². The third kappa shape index (κ3) is 4.71. The molecule has 0 bridgehead atoms. The van der Waals surface area contributed by atoms with Crippen molar-refractivity contribution in [2.24, 2.45) is 11.8 Å². The zero-order valence-corrected chi connectivity index (χ0v) is 25.7. The summed E-state index contributed by atoms with van der Waals surface area (Å²) in [5.41, 5.74) is 1.65. The Kier molecular flexibility index (Phi) is 7.30. The minimum atomic E-state index is -0.926. The van der Waals surface area contributed by atoms with Gasteiger partial charge in [-0.1, -0.05) is 13.0 Å². The van der Waals surface area contributed by atoms with Gasteiger partial charge in [0.1, 0.15) is 35.6 Å². The van der Waals surface area contributed by atoms with E-state index in [4.69, 9.17) is 9.72 Å². The molecule has 1 saturated carbocycles. The number of benzene rings is 1. The minimum absolute atomic E-state index is 0.00719. The number of alkyl halides is 1. The first-order valence-electron chi connectivity index (χ1n) is 16.6. The van der Waals surface area contributed by atoms with Gasteiger partial charge >= 0.3 is 6.01 Å². The minimum Gasteiger partial charge on any atom is -0.461 e. The van der Waals surface area contributed by atoms with Crippen molar-refractivity contribution < 1.29 is 27.1 Å². The Labute approximate surface area is 265 Å². The number of aromatic nitrogens is 3. The summed E-state index contributed by atoms with van der Waals surface area (Å²) in [7, 11) is 0. The zero-order valence-electron chi connectivity index (χ0n) is 25.7. The van der Waals surface area contributed by atoms with Crippen LogP contribution < -0.4 is 9.64 Å². The maximum Gasteiger partial charge on any atom is 0.319 e. The van der Waals surface area contributed by atoms with Gasteiger partial charge in [-0.2, -0.15) is 9.97 Å². The molecule has 0 spiro atoms. The number of carbonyl (C=O) groups is 1.